The van der Waals surface area contributed by atoms with E-state index < -0.39 is 11.9 Å². The third-order valence-corrected chi connectivity index (χ3v) is 4.11. The predicted molar refractivity (Wildman–Crippen MR) is 100 cm³/mol. The zero-order chi connectivity index (χ0) is 18.4. The van der Waals surface area contributed by atoms with E-state index in [1.807, 2.05) is 60.7 Å². The maximum Gasteiger partial charge on any atom is 0.311 e. The van der Waals surface area contributed by atoms with Gasteiger partial charge in [-0.15, -0.1) is 0 Å². The van der Waals surface area contributed by atoms with Crippen molar-refractivity contribution < 1.29 is 19.4 Å². The second kappa shape index (κ2) is 8.21. The first kappa shape index (κ1) is 17.5. The summed E-state index contributed by atoms with van der Waals surface area (Å²) in [6.45, 7) is 0. The van der Waals surface area contributed by atoms with Crippen molar-refractivity contribution in [1.29, 1.82) is 0 Å². The summed E-state index contributed by atoms with van der Waals surface area (Å²) < 4.78 is 11.0. The highest BCUT2D eigenvalue weighted by Crippen LogP contribution is 2.27. The molecule has 0 radical (unpaired) electrons. The molecule has 1 unspecified atom stereocenters. The molecule has 132 valence electrons. The molecule has 0 saturated heterocycles. The molecule has 1 N–H and O–H groups in total. The van der Waals surface area contributed by atoms with Crippen LogP contribution in [0.4, 0.5) is 0 Å². The molecule has 0 amide bonds. The minimum Gasteiger partial charge on any atom is -0.497 e. The molecule has 0 saturated carbocycles. The smallest absolute Gasteiger partial charge is 0.311 e. The molecule has 26 heavy (non-hydrogen) atoms. The van der Waals surface area contributed by atoms with Gasteiger partial charge in [-0.25, -0.2) is 0 Å². The molecule has 4 heteroatoms. The number of carboxylic acid groups (broad SMARTS) is 1. The van der Waals surface area contributed by atoms with E-state index in [1.165, 1.54) is 0 Å². The standard InChI is InChI=1S/C22H20O4/c1-25-19-11-6-8-17(15-19)21(22(23)24)14-16-7-5-12-20(13-16)26-18-9-3-2-4-10-18/h2-13,15,21H,14H2,1H3,(H,23,24). The second-order valence-electron chi connectivity index (χ2n) is 5.93. The Hall–Kier alpha value is -3.27. The van der Waals surface area contributed by atoms with Gasteiger partial charge in [-0.2, -0.15) is 0 Å². The minimum atomic E-state index is -0.868. The van der Waals surface area contributed by atoms with Gasteiger partial charge in [0.2, 0.25) is 0 Å². The summed E-state index contributed by atoms with van der Waals surface area (Å²) in [5.41, 5.74) is 1.61. The van der Waals surface area contributed by atoms with Gasteiger partial charge in [0.15, 0.2) is 0 Å². The van der Waals surface area contributed by atoms with Crippen molar-refractivity contribution in [2.45, 2.75) is 12.3 Å². The maximum absolute atomic E-state index is 11.8. The molecule has 0 aromatic heterocycles. The van der Waals surface area contributed by atoms with Crippen molar-refractivity contribution in [2.24, 2.45) is 0 Å². The molecule has 0 heterocycles. The number of para-hydroxylation sites is 1. The summed E-state index contributed by atoms with van der Waals surface area (Å²) in [6, 6.07) is 24.2. The molecule has 1 atom stereocenters. The summed E-state index contributed by atoms with van der Waals surface area (Å²) in [5, 5.41) is 9.68. The Bertz CT molecular complexity index is 874. The monoisotopic (exact) mass is 348 g/mol. The third-order valence-electron chi connectivity index (χ3n) is 4.11. The second-order valence-corrected chi connectivity index (χ2v) is 5.93. The highest BCUT2D eigenvalue weighted by Gasteiger charge is 2.21. The molecule has 3 aromatic carbocycles. The average molecular weight is 348 g/mol. The van der Waals surface area contributed by atoms with Gasteiger partial charge < -0.3 is 14.6 Å². The van der Waals surface area contributed by atoms with E-state index in [1.54, 1.807) is 25.3 Å². The number of methoxy groups -OCH3 is 1. The van der Waals surface area contributed by atoms with Crippen LogP contribution in [0.5, 0.6) is 17.2 Å². The normalized spacial score (nSPS) is 11.6. The third kappa shape index (κ3) is 4.42. The minimum absolute atomic E-state index is 0.370. The first-order valence-corrected chi connectivity index (χ1v) is 8.34. The van der Waals surface area contributed by atoms with Crippen LogP contribution in [0.2, 0.25) is 0 Å². The van der Waals surface area contributed by atoms with Crippen molar-refractivity contribution in [3.63, 3.8) is 0 Å². The molecular weight excluding hydrogens is 328 g/mol. The molecule has 3 rings (SSSR count). The Morgan fingerprint density at radius 3 is 2.31 bits per heavy atom. The first-order valence-electron chi connectivity index (χ1n) is 8.34. The molecule has 0 spiro atoms. The average Bonchev–Trinajstić information content (AvgIpc) is 2.67. The Kier molecular flexibility index (Phi) is 5.54. The lowest BCUT2D eigenvalue weighted by Gasteiger charge is -2.15. The number of carbonyl (C=O) groups is 1. The largest absolute Gasteiger partial charge is 0.497 e. The summed E-state index contributed by atoms with van der Waals surface area (Å²) in [6.07, 6.45) is 0.370. The molecule has 3 aromatic rings. The zero-order valence-electron chi connectivity index (χ0n) is 14.5. The lowest BCUT2D eigenvalue weighted by atomic mass is 9.92. The Balaban J connectivity index is 1.81. The number of hydrogen-bond donors (Lipinski definition) is 1. The van der Waals surface area contributed by atoms with E-state index in [0.29, 0.717) is 23.5 Å². The Labute approximate surface area is 152 Å². The van der Waals surface area contributed by atoms with Crippen LogP contribution in [0.1, 0.15) is 17.0 Å². The van der Waals surface area contributed by atoms with E-state index in [0.717, 1.165) is 11.3 Å². The van der Waals surface area contributed by atoms with Crippen molar-refractivity contribution in [3.8, 4) is 17.2 Å². The summed E-state index contributed by atoms with van der Waals surface area (Å²) >= 11 is 0. The number of carboxylic acids is 1. The van der Waals surface area contributed by atoms with Gasteiger partial charge in [0, 0.05) is 0 Å². The van der Waals surface area contributed by atoms with Gasteiger partial charge in [0.1, 0.15) is 17.2 Å². The van der Waals surface area contributed by atoms with Crippen LogP contribution in [0.3, 0.4) is 0 Å². The molecule has 0 aliphatic heterocycles. The van der Waals surface area contributed by atoms with Crippen LogP contribution in [0.25, 0.3) is 0 Å². The summed E-state index contributed by atoms with van der Waals surface area (Å²) in [4.78, 5) is 11.8. The fraction of sp³-hybridized carbons (Fsp3) is 0.136. The highest BCUT2D eigenvalue weighted by molar-refractivity contribution is 5.76. The van der Waals surface area contributed by atoms with Crippen molar-refractivity contribution in [3.05, 3.63) is 90.0 Å². The Morgan fingerprint density at radius 2 is 1.58 bits per heavy atom. The van der Waals surface area contributed by atoms with Gasteiger partial charge in [0.05, 0.1) is 13.0 Å². The molecule has 0 bridgehead atoms. The highest BCUT2D eigenvalue weighted by atomic mass is 16.5. The van der Waals surface area contributed by atoms with Gasteiger partial charge in [-0.1, -0.05) is 42.5 Å². The van der Waals surface area contributed by atoms with E-state index in [4.69, 9.17) is 9.47 Å². The molecular formula is C22H20O4. The number of hydrogen-bond acceptors (Lipinski definition) is 3. The fourth-order valence-electron chi connectivity index (χ4n) is 2.80. The van der Waals surface area contributed by atoms with Crippen LogP contribution in [-0.2, 0) is 11.2 Å². The van der Waals surface area contributed by atoms with Gasteiger partial charge in [0.25, 0.3) is 0 Å². The fourth-order valence-corrected chi connectivity index (χ4v) is 2.80. The van der Waals surface area contributed by atoms with Crippen LogP contribution in [-0.4, -0.2) is 18.2 Å². The van der Waals surface area contributed by atoms with Crippen LogP contribution in [0, 0.1) is 0 Å². The predicted octanol–water partition coefficient (Wildman–Crippen LogP) is 4.90. The van der Waals surface area contributed by atoms with Crippen molar-refractivity contribution in [1.82, 2.24) is 0 Å². The SMILES string of the molecule is COc1cccc(C(Cc2cccc(Oc3ccccc3)c2)C(=O)O)c1. The maximum atomic E-state index is 11.8. The van der Waals surface area contributed by atoms with Crippen LogP contribution >= 0.6 is 0 Å². The quantitative estimate of drug-likeness (QED) is 0.660. The molecule has 4 nitrogen and oxygen atoms in total. The van der Waals surface area contributed by atoms with Gasteiger partial charge in [-0.3, -0.25) is 4.79 Å². The van der Waals surface area contributed by atoms with Gasteiger partial charge in [-0.05, 0) is 53.9 Å². The number of benzene rings is 3. The number of aliphatic carboxylic acids is 1. The molecule has 0 aliphatic rings. The van der Waals surface area contributed by atoms with E-state index in [-0.39, 0.29) is 0 Å². The lowest BCUT2D eigenvalue weighted by Crippen LogP contribution is -2.14. The lowest BCUT2D eigenvalue weighted by molar-refractivity contribution is -0.138. The van der Waals surface area contributed by atoms with E-state index >= 15 is 0 Å². The Morgan fingerprint density at radius 1 is 0.885 bits per heavy atom. The van der Waals surface area contributed by atoms with Crippen molar-refractivity contribution >= 4 is 5.97 Å². The summed E-state index contributed by atoms with van der Waals surface area (Å²) in [5.74, 6) is 0.551. The first-order chi connectivity index (χ1) is 12.7. The number of rotatable bonds is 7. The zero-order valence-corrected chi connectivity index (χ0v) is 14.5. The van der Waals surface area contributed by atoms with Crippen LogP contribution < -0.4 is 9.47 Å². The topological polar surface area (TPSA) is 55.8 Å². The van der Waals surface area contributed by atoms with Crippen molar-refractivity contribution in [2.75, 3.05) is 7.11 Å². The van der Waals surface area contributed by atoms with E-state index in [2.05, 4.69) is 0 Å². The number of ether oxygens (including phenoxy) is 2. The molecule has 0 aliphatic carbocycles. The van der Waals surface area contributed by atoms with Gasteiger partial charge >= 0.3 is 5.97 Å². The van der Waals surface area contributed by atoms with Crippen LogP contribution in [0.15, 0.2) is 78.9 Å². The molecule has 0 fully saturated rings. The summed E-state index contributed by atoms with van der Waals surface area (Å²) in [7, 11) is 1.57. The van der Waals surface area contributed by atoms with E-state index in [9.17, 15) is 9.90 Å².